The molecular weight excluding hydrogens is 224 g/mol. The van der Waals surface area contributed by atoms with Crippen LogP contribution in [0.5, 0.6) is 0 Å². The van der Waals surface area contributed by atoms with E-state index < -0.39 is 11.6 Å². The summed E-state index contributed by atoms with van der Waals surface area (Å²) >= 11 is 0. The SMILES string of the molecule is N#Cc1cc(F)cc(F)c1N1CCC(N)CC1. The summed E-state index contributed by atoms with van der Waals surface area (Å²) in [5.41, 5.74) is 6.00. The minimum absolute atomic E-state index is 0.0398. The number of benzene rings is 1. The molecule has 1 aromatic rings. The summed E-state index contributed by atoms with van der Waals surface area (Å²) in [6.45, 7) is 1.19. The molecule has 0 unspecified atom stereocenters. The van der Waals surface area contributed by atoms with Crippen molar-refractivity contribution in [1.82, 2.24) is 0 Å². The number of hydrogen-bond donors (Lipinski definition) is 1. The van der Waals surface area contributed by atoms with E-state index in [2.05, 4.69) is 0 Å². The molecule has 1 heterocycles. The maximum absolute atomic E-state index is 13.7. The van der Waals surface area contributed by atoms with E-state index in [4.69, 9.17) is 11.0 Å². The first-order valence-corrected chi connectivity index (χ1v) is 5.51. The molecule has 2 rings (SSSR count). The molecule has 1 aromatic carbocycles. The predicted molar refractivity (Wildman–Crippen MR) is 60.5 cm³/mol. The van der Waals surface area contributed by atoms with Crippen molar-refractivity contribution in [2.75, 3.05) is 18.0 Å². The van der Waals surface area contributed by atoms with Gasteiger partial charge < -0.3 is 10.6 Å². The van der Waals surface area contributed by atoms with Crippen LogP contribution in [-0.4, -0.2) is 19.1 Å². The van der Waals surface area contributed by atoms with Gasteiger partial charge in [0, 0.05) is 25.2 Å². The number of nitrogens with zero attached hydrogens (tertiary/aromatic N) is 2. The van der Waals surface area contributed by atoms with Gasteiger partial charge in [0.25, 0.3) is 0 Å². The Labute approximate surface area is 98.4 Å². The molecule has 90 valence electrons. The van der Waals surface area contributed by atoms with Gasteiger partial charge in [-0.3, -0.25) is 0 Å². The van der Waals surface area contributed by atoms with Crippen LogP contribution in [0.3, 0.4) is 0 Å². The maximum Gasteiger partial charge on any atom is 0.150 e. The number of rotatable bonds is 1. The van der Waals surface area contributed by atoms with E-state index >= 15 is 0 Å². The highest BCUT2D eigenvalue weighted by atomic mass is 19.1. The highest BCUT2D eigenvalue weighted by Gasteiger charge is 2.22. The van der Waals surface area contributed by atoms with E-state index in [0.29, 0.717) is 13.1 Å². The third-order valence-electron chi connectivity index (χ3n) is 3.00. The Hall–Kier alpha value is -1.67. The molecule has 0 saturated carbocycles. The first kappa shape index (κ1) is 11.8. The zero-order chi connectivity index (χ0) is 12.4. The average Bonchev–Trinajstić information content (AvgIpc) is 2.30. The molecule has 1 aliphatic rings. The molecular formula is C12H13F2N3. The van der Waals surface area contributed by atoms with Gasteiger partial charge in [0.05, 0.1) is 11.3 Å². The largest absolute Gasteiger partial charge is 0.368 e. The Morgan fingerprint density at radius 2 is 1.94 bits per heavy atom. The topological polar surface area (TPSA) is 53.0 Å². The highest BCUT2D eigenvalue weighted by molar-refractivity contribution is 5.60. The monoisotopic (exact) mass is 237 g/mol. The van der Waals surface area contributed by atoms with Crippen LogP contribution in [0.15, 0.2) is 12.1 Å². The van der Waals surface area contributed by atoms with Crippen molar-refractivity contribution in [3.8, 4) is 6.07 Å². The Balaban J connectivity index is 2.35. The number of nitriles is 1. The average molecular weight is 237 g/mol. The van der Waals surface area contributed by atoms with Crippen molar-refractivity contribution in [3.63, 3.8) is 0 Å². The minimum Gasteiger partial charge on any atom is -0.368 e. The second kappa shape index (κ2) is 4.68. The summed E-state index contributed by atoms with van der Waals surface area (Å²) < 4.78 is 26.7. The van der Waals surface area contributed by atoms with Gasteiger partial charge in [-0.2, -0.15) is 5.26 Å². The van der Waals surface area contributed by atoms with Crippen molar-refractivity contribution in [2.24, 2.45) is 5.73 Å². The zero-order valence-electron chi connectivity index (χ0n) is 9.29. The fraction of sp³-hybridized carbons (Fsp3) is 0.417. The maximum atomic E-state index is 13.7. The first-order chi connectivity index (χ1) is 8.11. The van der Waals surface area contributed by atoms with Crippen molar-refractivity contribution in [2.45, 2.75) is 18.9 Å². The van der Waals surface area contributed by atoms with Gasteiger partial charge in [-0.15, -0.1) is 0 Å². The lowest BCUT2D eigenvalue weighted by Gasteiger charge is -2.32. The highest BCUT2D eigenvalue weighted by Crippen LogP contribution is 2.27. The van der Waals surface area contributed by atoms with Gasteiger partial charge in [-0.05, 0) is 18.9 Å². The van der Waals surface area contributed by atoms with Crippen LogP contribution >= 0.6 is 0 Å². The Morgan fingerprint density at radius 1 is 1.29 bits per heavy atom. The van der Waals surface area contributed by atoms with Gasteiger partial charge >= 0.3 is 0 Å². The summed E-state index contributed by atoms with van der Waals surface area (Å²) in [4.78, 5) is 1.76. The molecule has 0 bridgehead atoms. The van der Waals surface area contributed by atoms with Crippen LogP contribution in [-0.2, 0) is 0 Å². The first-order valence-electron chi connectivity index (χ1n) is 5.51. The molecule has 1 fully saturated rings. The molecule has 5 heteroatoms. The molecule has 0 amide bonds. The van der Waals surface area contributed by atoms with Gasteiger partial charge in [-0.25, -0.2) is 8.78 Å². The van der Waals surface area contributed by atoms with E-state index in [1.165, 1.54) is 0 Å². The van der Waals surface area contributed by atoms with Gasteiger partial charge in [-0.1, -0.05) is 0 Å². The molecule has 3 nitrogen and oxygen atoms in total. The van der Waals surface area contributed by atoms with Crippen LogP contribution < -0.4 is 10.6 Å². The standard InChI is InChI=1S/C12H13F2N3/c13-9-5-8(7-15)12(11(14)6-9)17-3-1-10(16)2-4-17/h5-6,10H,1-4,16H2. The van der Waals surface area contributed by atoms with Crippen LogP contribution in [0, 0.1) is 23.0 Å². The number of piperidine rings is 1. The minimum atomic E-state index is -0.725. The van der Waals surface area contributed by atoms with Crippen LogP contribution in [0.25, 0.3) is 0 Å². The summed E-state index contributed by atoms with van der Waals surface area (Å²) in [5, 5.41) is 8.92. The van der Waals surface area contributed by atoms with Crippen LogP contribution in [0.4, 0.5) is 14.5 Å². The van der Waals surface area contributed by atoms with Crippen molar-refractivity contribution >= 4 is 5.69 Å². The van der Waals surface area contributed by atoms with Crippen molar-refractivity contribution in [1.29, 1.82) is 5.26 Å². The third-order valence-corrected chi connectivity index (χ3v) is 3.00. The van der Waals surface area contributed by atoms with Gasteiger partial charge in [0.15, 0.2) is 5.82 Å². The Bertz CT molecular complexity index is 460. The van der Waals surface area contributed by atoms with Gasteiger partial charge in [0.1, 0.15) is 11.9 Å². The molecule has 17 heavy (non-hydrogen) atoms. The summed E-state index contributed by atoms with van der Waals surface area (Å²) in [6.07, 6.45) is 1.50. The Kier molecular flexibility index (Phi) is 3.25. The van der Waals surface area contributed by atoms with E-state index in [-0.39, 0.29) is 17.3 Å². The molecule has 0 spiro atoms. The predicted octanol–water partition coefficient (Wildman–Crippen LogP) is 1.76. The van der Waals surface area contributed by atoms with E-state index in [9.17, 15) is 8.78 Å². The lowest BCUT2D eigenvalue weighted by molar-refractivity contribution is 0.492. The molecule has 1 aliphatic heterocycles. The second-order valence-electron chi connectivity index (χ2n) is 4.22. The molecule has 1 saturated heterocycles. The fourth-order valence-corrected chi connectivity index (χ4v) is 2.10. The summed E-state index contributed by atoms with van der Waals surface area (Å²) in [7, 11) is 0. The lowest BCUT2D eigenvalue weighted by atomic mass is 10.0. The summed E-state index contributed by atoms with van der Waals surface area (Å²) in [5.74, 6) is -1.41. The molecule has 0 aliphatic carbocycles. The fourth-order valence-electron chi connectivity index (χ4n) is 2.10. The lowest BCUT2D eigenvalue weighted by Crippen LogP contribution is -2.40. The Morgan fingerprint density at radius 3 is 2.53 bits per heavy atom. The molecule has 2 N–H and O–H groups in total. The van der Waals surface area contributed by atoms with Crippen molar-refractivity contribution in [3.05, 3.63) is 29.3 Å². The number of hydrogen-bond acceptors (Lipinski definition) is 3. The number of anilines is 1. The van der Waals surface area contributed by atoms with E-state index in [1.54, 1.807) is 4.90 Å². The van der Waals surface area contributed by atoms with Gasteiger partial charge in [0.2, 0.25) is 0 Å². The smallest absolute Gasteiger partial charge is 0.150 e. The second-order valence-corrected chi connectivity index (χ2v) is 4.22. The van der Waals surface area contributed by atoms with Crippen LogP contribution in [0.1, 0.15) is 18.4 Å². The molecule has 0 atom stereocenters. The van der Waals surface area contributed by atoms with Crippen LogP contribution in [0.2, 0.25) is 0 Å². The summed E-state index contributed by atoms with van der Waals surface area (Å²) in [6, 6.07) is 3.83. The molecule has 0 aromatic heterocycles. The normalized spacial score (nSPS) is 16.9. The van der Waals surface area contributed by atoms with Crippen molar-refractivity contribution < 1.29 is 8.78 Å². The zero-order valence-corrected chi connectivity index (χ0v) is 9.29. The van der Waals surface area contributed by atoms with E-state index in [0.717, 1.165) is 25.0 Å². The quantitative estimate of drug-likeness (QED) is 0.809. The number of nitrogens with two attached hydrogens (primary N) is 1. The number of halogens is 2. The van der Waals surface area contributed by atoms with E-state index in [1.807, 2.05) is 6.07 Å². The third kappa shape index (κ3) is 2.37. The molecule has 0 radical (unpaired) electrons.